The summed E-state index contributed by atoms with van der Waals surface area (Å²) in [5, 5.41) is 5.53. The fraction of sp³-hybridized carbons (Fsp3) is 0.167. The first-order chi connectivity index (χ1) is 15.1. The molecule has 2 N–H and O–H groups in total. The molecule has 3 rings (SSSR count). The molecule has 160 valence electrons. The molecule has 2 amide bonds. The van der Waals surface area contributed by atoms with Crippen molar-refractivity contribution < 1.29 is 23.8 Å². The minimum absolute atomic E-state index is 0.119. The molecule has 7 nitrogen and oxygen atoms in total. The van der Waals surface area contributed by atoms with Crippen LogP contribution in [0.5, 0.6) is 11.5 Å². The Morgan fingerprint density at radius 2 is 1.35 bits per heavy atom. The predicted molar refractivity (Wildman–Crippen MR) is 116 cm³/mol. The normalized spacial score (nSPS) is 11.2. The van der Waals surface area contributed by atoms with E-state index in [9.17, 15) is 9.59 Å². The Labute approximate surface area is 180 Å². The molecule has 7 heteroatoms. The van der Waals surface area contributed by atoms with E-state index in [1.807, 2.05) is 30.3 Å². The van der Waals surface area contributed by atoms with Crippen molar-refractivity contribution in [1.29, 1.82) is 0 Å². The zero-order chi connectivity index (χ0) is 22.1. The molecule has 0 fully saturated rings. The fourth-order valence-electron chi connectivity index (χ4n) is 2.84. The summed E-state index contributed by atoms with van der Waals surface area (Å²) in [5.41, 5.74) is 1.96. The summed E-state index contributed by atoms with van der Waals surface area (Å²) < 4.78 is 15.6. The van der Waals surface area contributed by atoms with Crippen LogP contribution in [0.1, 0.15) is 27.7 Å². The van der Waals surface area contributed by atoms with E-state index in [4.69, 9.17) is 14.2 Å². The molecule has 0 aromatic heterocycles. The van der Waals surface area contributed by atoms with Crippen molar-refractivity contribution in [2.45, 2.75) is 12.8 Å². The third-order valence-corrected chi connectivity index (χ3v) is 4.55. The van der Waals surface area contributed by atoms with E-state index in [-0.39, 0.29) is 12.5 Å². The van der Waals surface area contributed by atoms with Gasteiger partial charge in [-0.1, -0.05) is 42.5 Å². The maximum Gasteiger partial charge on any atom is 0.409 e. The number of amides is 2. The van der Waals surface area contributed by atoms with E-state index in [1.165, 1.54) is 0 Å². The summed E-state index contributed by atoms with van der Waals surface area (Å²) in [5.74, 6) is 0.952. The number of hydrogen-bond donors (Lipinski definition) is 2. The van der Waals surface area contributed by atoms with Crippen molar-refractivity contribution in [3.8, 4) is 11.5 Å². The summed E-state index contributed by atoms with van der Waals surface area (Å²) >= 11 is 0. The second-order valence-corrected chi connectivity index (χ2v) is 6.61. The van der Waals surface area contributed by atoms with Gasteiger partial charge in [-0.15, -0.1) is 0 Å². The van der Waals surface area contributed by atoms with Gasteiger partial charge in [-0.2, -0.15) is 0 Å². The largest absolute Gasteiger partial charge is 0.497 e. The highest BCUT2D eigenvalue weighted by Gasteiger charge is 2.19. The Balaban J connectivity index is 1.71. The lowest BCUT2D eigenvalue weighted by molar-refractivity contribution is 0.0920. The number of ether oxygens (including phenoxy) is 3. The van der Waals surface area contributed by atoms with Crippen LogP contribution in [0.4, 0.5) is 4.79 Å². The van der Waals surface area contributed by atoms with Crippen LogP contribution in [0.2, 0.25) is 0 Å². The van der Waals surface area contributed by atoms with Crippen LogP contribution >= 0.6 is 0 Å². The number of hydrogen-bond acceptors (Lipinski definition) is 5. The van der Waals surface area contributed by atoms with Gasteiger partial charge in [-0.05, 0) is 47.5 Å². The van der Waals surface area contributed by atoms with Crippen LogP contribution < -0.4 is 20.1 Å². The van der Waals surface area contributed by atoms with E-state index in [0.29, 0.717) is 22.6 Å². The fourth-order valence-corrected chi connectivity index (χ4v) is 2.84. The number of alkyl carbamates (subject to hydrolysis) is 1. The quantitative estimate of drug-likeness (QED) is 0.537. The van der Waals surface area contributed by atoms with Crippen LogP contribution in [0.15, 0.2) is 78.9 Å². The molecule has 0 heterocycles. The van der Waals surface area contributed by atoms with Gasteiger partial charge >= 0.3 is 6.09 Å². The van der Waals surface area contributed by atoms with Gasteiger partial charge in [0.2, 0.25) is 0 Å². The lowest BCUT2D eigenvalue weighted by atomic mass is 10.1. The summed E-state index contributed by atoms with van der Waals surface area (Å²) in [6, 6.07) is 23.0. The van der Waals surface area contributed by atoms with Gasteiger partial charge in [-0.3, -0.25) is 10.1 Å². The Bertz CT molecular complexity index is 989. The molecule has 0 saturated carbocycles. The standard InChI is InChI=1S/C24H24N2O5/c1-29-20-12-8-18(9-13-20)22(25-23(27)19-10-14-21(30-2)15-11-19)26-24(28)31-16-17-6-4-3-5-7-17/h3-15,22H,16H2,1-2H3,(H,25,27)(H,26,28)/t22-/m0/s1. The molecule has 0 radical (unpaired) electrons. The zero-order valence-corrected chi connectivity index (χ0v) is 17.3. The lowest BCUT2D eigenvalue weighted by Gasteiger charge is -2.21. The third-order valence-electron chi connectivity index (χ3n) is 4.55. The van der Waals surface area contributed by atoms with E-state index in [0.717, 1.165) is 5.56 Å². The molecule has 0 saturated heterocycles. The van der Waals surface area contributed by atoms with Crippen LogP contribution in [0.25, 0.3) is 0 Å². The summed E-state index contributed by atoms with van der Waals surface area (Å²) in [6.45, 7) is 0.119. The van der Waals surface area contributed by atoms with Crippen molar-refractivity contribution in [3.05, 3.63) is 95.6 Å². The van der Waals surface area contributed by atoms with Gasteiger partial charge in [0.05, 0.1) is 14.2 Å². The van der Waals surface area contributed by atoms with Gasteiger partial charge < -0.3 is 19.5 Å². The molecule has 31 heavy (non-hydrogen) atoms. The Hall–Kier alpha value is -4.00. The van der Waals surface area contributed by atoms with Crippen molar-refractivity contribution in [3.63, 3.8) is 0 Å². The zero-order valence-electron chi connectivity index (χ0n) is 17.3. The molecule has 3 aromatic carbocycles. The molecular formula is C24H24N2O5. The minimum atomic E-state index is -0.802. The van der Waals surface area contributed by atoms with Crippen LogP contribution in [-0.2, 0) is 11.3 Å². The average Bonchev–Trinajstić information content (AvgIpc) is 2.83. The minimum Gasteiger partial charge on any atom is -0.497 e. The monoisotopic (exact) mass is 420 g/mol. The smallest absolute Gasteiger partial charge is 0.409 e. The second-order valence-electron chi connectivity index (χ2n) is 6.61. The first kappa shape index (κ1) is 21.7. The van der Waals surface area contributed by atoms with Crippen molar-refractivity contribution in [2.24, 2.45) is 0 Å². The van der Waals surface area contributed by atoms with Gasteiger partial charge in [0.1, 0.15) is 24.3 Å². The third kappa shape index (κ3) is 6.24. The molecule has 0 aliphatic carbocycles. The van der Waals surface area contributed by atoms with Crippen molar-refractivity contribution in [1.82, 2.24) is 10.6 Å². The predicted octanol–water partition coefficient (Wildman–Crippen LogP) is 4.06. The van der Waals surface area contributed by atoms with E-state index >= 15 is 0 Å². The molecule has 1 atom stereocenters. The Morgan fingerprint density at radius 3 is 1.94 bits per heavy atom. The molecule has 0 aliphatic rings. The number of carbonyl (C=O) groups excluding carboxylic acids is 2. The number of benzene rings is 3. The first-order valence-corrected chi connectivity index (χ1v) is 9.65. The molecule has 3 aromatic rings. The van der Waals surface area contributed by atoms with Crippen molar-refractivity contribution >= 4 is 12.0 Å². The van der Waals surface area contributed by atoms with E-state index in [2.05, 4.69) is 10.6 Å². The molecular weight excluding hydrogens is 396 g/mol. The topological polar surface area (TPSA) is 85.9 Å². The number of carbonyl (C=O) groups is 2. The number of nitrogens with one attached hydrogen (secondary N) is 2. The maximum absolute atomic E-state index is 12.7. The maximum atomic E-state index is 12.7. The van der Waals surface area contributed by atoms with Gasteiger partial charge in [0.15, 0.2) is 0 Å². The van der Waals surface area contributed by atoms with E-state index in [1.54, 1.807) is 62.8 Å². The van der Waals surface area contributed by atoms with Crippen LogP contribution in [-0.4, -0.2) is 26.2 Å². The van der Waals surface area contributed by atoms with Gasteiger partial charge in [0.25, 0.3) is 5.91 Å². The van der Waals surface area contributed by atoms with Gasteiger partial charge in [-0.25, -0.2) is 4.79 Å². The van der Waals surface area contributed by atoms with Crippen LogP contribution in [0.3, 0.4) is 0 Å². The summed E-state index contributed by atoms with van der Waals surface area (Å²) in [6.07, 6.45) is -1.46. The SMILES string of the molecule is COc1ccc(C(=O)N[C@@H](NC(=O)OCc2ccccc2)c2ccc(OC)cc2)cc1. The number of rotatable bonds is 8. The van der Waals surface area contributed by atoms with Gasteiger partial charge in [0, 0.05) is 5.56 Å². The highest BCUT2D eigenvalue weighted by molar-refractivity contribution is 5.94. The molecule has 0 unspecified atom stereocenters. The molecule has 0 aliphatic heterocycles. The summed E-state index contributed by atoms with van der Waals surface area (Å²) in [7, 11) is 3.12. The van der Waals surface area contributed by atoms with Crippen molar-refractivity contribution in [2.75, 3.05) is 14.2 Å². The first-order valence-electron chi connectivity index (χ1n) is 9.65. The molecule has 0 spiro atoms. The Kier molecular flexibility index (Phi) is 7.48. The highest BCUT2D eigenvalue weighted by atomic mass is 16.5. The summed E-state index contributed by atoms with van der Waals surface area (Å²) in [4.78, 5) is 25.1. The highest BCUT2D eigenvalue weighted by Crippen LogP contribution is 2.18. The van der Waals surface area contributed by atoms with E-state index < -0.39 is 12.3 Å². The Morgan fingerprint density at radius 1 is 0.774 bits per heavy atom. The van der Waals surface area contributed by atoms with Crippen LogP contribution in [0, 0.1) is 0 Å². The lowest BCUT2D eigenvalue weighted by Crippen LogP contribution is -2.41. The average molecular weight is 420 g/mol. The number of methoxy groups -OCH3 is 2. The second kappa shape index (κ2) is 10.7. The molecule has 0 bridgehead atoms.